The average molecular weight is 437 g/mol. The van der Waals surface area contributed by atoms with Crippen molar-refractivity contribution in [2.45, 2.75) is 48.1 Å². The molecule has 0 unspecified atom stereocenters. The first-order valence-electron chi connectivity index (χ1n) is 10.1. The van der Waals surface area contributed by atoms with Crippen LogP contribution in [0.15, 0.2) is 52.1 Å². The molecule has 1 aromatic rings. The number of hydrogen-bond donors (Lipinski definition) is 0. The summed E-state index contributed by atoms with van der Waals surface area (Å²) < 4.78 is 23.7. The van der Waals surface area contributed by atoms with E-state index >= 15 is 0 Å². The number of rotatable bonds is 13. The molecule has 0 aliphatic carbocycles. The van der Waals surface area contributed by atoms with Gasteiger partial charge in [-0.05, 0) is 51.9 Å². The van der Waals surface area contributed by atoms with Crippen LogP contribution in [0.3, 0.4) is 0 Å². The minimum Gasteiger partial charge on any atom is -0.390 e. The Morgan fingerprint density at radius 1 is 0.750 bits per heavy atom. The molecule has 156 valence electrons. The summed E-state index contributed by atoms with van der Waals surface area (Å²) >= 11 is 0. The largest absolute Gasteiger partial charge is 0.418 e. The maximum absolute atomic E-state index is 5.93. The third-order valence-electron chi connectivity index (χ3n) is 4.17. The van der Waals surface area contributed by atoms with Crippen LogP contribution < -0.4 is 5.19 Å². The molecule has 0 spiro atoms. The standard InChI is InChI=1S/C21H36O4Si3/c1-8-22-26(23-9-2)19(5)17-28(7,21-15-13-12-14-16-21)18-20(6)27(24-10-3)25-11-4/h12-18H,8-11H2,1-7H3. The lowest BCUT2D eigenvalue weighted by atomic mass is 10.4. The molecule has 0 aromatic heterocycles. The van der Waals surface area contributed by atoms with Gasteiger partial charge in [-0.25, -0.2) is 0 Å². The second-order valence-corrected chi connectivity index (χ2v) is 14.2. The molecular weight excluding hydrogens is 400 g/mol. The van der Waals surface area contributed by atoms with Crippen molar-refractivity contribution in [3.8, 4) is 0 Å². The van der Waals surface area contributed by atoms with Crippen molar-refractivity contribution < 1.29 is 17.7 Å². The molecule has 0 fully saturated rings. The van der Waals surface area contributed by atoms with Crippen LogP contribution in [-0.2, 0) is 17.7 Å². The van der Waals surface area contributed by atoms with Crippen molar-refractivity contribution in [1.82, 2.24) is 0 Å². The van der Waals surface area contributed by atoms with Crippen LogP contribution in [0.25, 0.3) is 0 Å². The highest BCUT2D eigenvalue weighted by Gasteiger charge is 2.30. The molecule has 0 amide bonds. The van der Waals surface area contributed by atoms with Gasteiger partial charge in [-0.15, -0.1) is 0 Å². The van der Waals surface area contributed by atoms with Crippen LogP contribution in [0, 0.1) is 0 Å². The maximum atomic E-state index is 5.93. The molecule has 0 saturated heterocycles. The summed E-state index contributed by atoms with van der Waals surface area (Å²) in [5.41, 5.74) is 4.84. The van der Waals surface area contributed by atoms with Gasteiger partial charge in [-0.3, -0.25) is 0 Å². The average Bonchev–Trinajstić information content (AvgIpc) is 2.68. The van der Waals surface area contributed by atoms with E-state index in [1.807, 2.05) is 27.7 Å². The highest BCUT2D eigenvalue weighted by Crippen LogP contribution is 2.18. The minimum atomic E-state index is -2.09. The fourth-order valence-corrected chi connectivity index (χ4v) is 11.1. The van der Waals surface area contributed by atoms with Crippen LogP contribution in [0.4, 0.5) is 0 Å². The first-order chi connectivity index (χ1) is 13.4. The highest BCUT2D eigenvalue weighted by molar-refractivity contribution is 7.00. The van der Waals surface area contributed by atoms with Crippen molar-refractivity contribution in [2.75, 3.05) is 26.4 Å². The molecule has 7 heteroatoms. The maximum Gasteiger partial charge on any atom is 0.418 e. The summed E-state index contributed by atoms with van der Waals surface area (Å²) in [5, 5.41) is 3.80. The van der Waals surface area contributed by atoms with Crippen LogP contribution >= 0.6 is 0 Å². The van der Waals surface area contributed by atoms with E-state index < -0.39 is 26.6 Å². The fraction of sp³-hybridized carbons (Fsp3) is 0.524. The molecule has 0 bridgehead atoms. The molecule has 0 aliphatic rings. The van der Waals surface area contributed by atoms with Gasteiger partial charge < -0.3 is 17.7 Å². The summed E-state index contributed by atoms with van der Waals surface area (Å²) in [6, 6.07) is 10.7. The van der Waals surface area contributed by atoms with E-state index in [1.54, 1.807) is 0 Å². The van der Waals surface area contributed by atoms with Crippen molar-refractivity contribution in [3.63, 3.8) is 0 Å². The van der Waals surface area contributed by atoms with Gasteiger partial charge in [0.05, 0.1) is 0 Å². The van der Waals surface area contributed by atoms with Crippen LogP contribution in [0.1, 0.15) is 41.5 Å². The van der Waals surface area contributed by atoms with Crippen LogP contribution in [0.5, 0.6) is 0 Å². The Bertz CT molecular complexity index is 575. The molecule has 4 nitrogen and oxygen atoms in total. The summed E-state index contributed by atoms with van der Waals surface area (Å²) in [6.07, 6.45) is 0. The van der Waals surface area contributed by atoms with Crippen molar-refractivity contribution in [3.05, 3.63) is 52.1 Å². The first-order valence-corrected chi connectivity index (χ1v) is 15.4. The van der Waals surface area contributed by atoms with E-state index in [9.17, 15) is 0 Å². The molecular formula is C21H36O4Si3. The molecule has 0 heterocycles. The summed E-state index contributed by atoms with van der Waals surface area (Å²) in [5.74, 6) is 0. The van der Waals surface area contributed by atoms with E-state index in [0.717, 1.165) is 0 Å². The van der Waals surface area contributed by atoms with Gasteiger partial charge in [0.25, 0.3) is 0 Å². The smallest absolute Gasteiger partial charge is 0.390 e. The van der Waals surface area contributed by atoms with Gasteiger partial charge in [0, 0.05) is 26.4 Å². The second kappa shape index (κ2) is 13.4. The van der Waals surface area contributed by atoms with Crippen molar-refractivity contribution in [2.24, 2.45) is 0 Å². The Morgan fingerprint density at radius 2 is 1.11 bits per heavy atom. The van der Waals surface area contributed by atoms with Crippen molar-refractivity contribution >= 4 is 31.8 Å². The zero-order valence-corrected chi connectivity index (χ0v) is 21.5. The van der Waals surface area contributed by atoms with E-state index in [4.69, 9.17) is 17.7 Å². The van der Waals surface area contributed by atoms with Crippen molar-refractivity contribution in [1.29, 1.82) is 0 Å². The predicted octanol–water partition coefficient (Wildman–Crippen LogP) is 4.14. The zero-order chi connectivity index (χ0) is 21.0. The van der Waals surface area contributed by atoms with Gasteiger partial charge >= 0.3 is 18.6 Å². The Hall–Kier alpha value is -0.809. The molecule has 0 aliphatic heterocycles. The lowest BCUT2D eigenvalue weighted by molar-refractivity contribution is 0.221. The molecule has 0 N–H and O–H groups in total. The second-order valence-electron chi connectivity index (χ2n) is 6.61. The van der Waals surface area contributed by atoms with E-state index in [0.29, 0.717) is 26.4 Å². The normalized spacial score (nSPS) is 15.3. The molecule has 0 atom stereocenters. The topological polar surface area (TPSA) is 36.9 Å². The Balaban J connectivity index is 3.37. The van der Waals surface area contributed by atoms with Gasteiger partial charge in [-0.2, -0.15) is 0 Å². The van der Waals surface area contributed by atoms with Gasteiger partial charge in [-0.1, -0.05) is 53.5 Å². The Labute approximate surface area is 176 Å². The fourth-order valence-electron chi connectivity index (χ4n) is 3.09. The third-order valence-corrected chi connectivity index (χ3v) is 12.2. The van der Waals surface area contributed by atoms with E-state index in [1.165, 1.54) is 15.6 Å². The Kier molecular flexibility index (Phi) is 12.1. The minimum absolute atomic E-state index is 0.666. The molecule has 1 aromatic carbocycles. The summed E-state index contributed by atoms with van der Waals surface area (Å²) in [6.45, 7) is 17.4. The lowest BCUT2D eigenvalue weighted by Gasteiger charge is -2.25. The van der Waals surface area contributed by atoms with Gasteiger partial charge in [0.2, 0.25) is 0 Å². The Morgan fingerprint density at radius 3 is 1.43 bits per heavy atom. The monoisotopic (exact) mass is 436 g/mol. The quantitative estimate of drug-likeness (QED) is 0.435. The number of allylic oxidation sites excluding steroid dienone is 2. The van der Waals surface area contributed by atoms with E-state index in [-0.39, 0.29) is 0 Å². The summed E-state index contributed by atoms with van der Waals surface area (Å²) in [4.78, 5) is 0. The molecule has 28 heavy (non-hydrogen) atoms. The highest BCUT2D eigenvalue weighted by atomic mass is 28.3. The van der Waals surface area contributed by atoms with Crippen LogP contribution in [0.2, 0.25) is 6.55 Å². The third kappa shape index (κ3) is 7.90. The first kappa shape index (κ1) is 25.2. The van der Waals surface area contributed by atoms with E-state index in [2.05, 4.69) is 62.1 Å². The molecule has 1 rings (SSSR count). The molecule has 2 radical (unpaired) electrons. The number of benzene rings is 1. The molecule has 0 saturated carbocycles. The van der Waals surface area contributed by atoms with Gasteiger partial charge in [0.15, 0.2) is 0 Å². The summed E-state index contributed by atoms with van der Waals surface area (Å²) in [7, 11) is -4.94. The predicted molar refractivity (Wildman–Crippen MR) is 123 cm³/mol. The lowest BCUT2D eigenvalue weighted by Crippen LogP contribution is -2.44. The number of hydrogen-bond acceptors (Lipinski definition) is 4. The SMILES string of the molecule is CCO[Si](OCC)C(C)=C[Si](C)(C=C(C)[Si](OCC)OCC)c1ccccc1. The zero-order valence-electron chi connectivity index (χ0n) is 18.5. The van der Waals surface area contributed by atoms with Gasteiger partial charge in [0.1, 0.15) is 8.07 Å². The van der Waals surface area contributed by atoms with Crippen LogP contribution in [-0.4, -0.2) is 53.1 Å².